The second-order valence-electron chi connectivity index (χ2n) is 8.04. The van der Waals surface area contributed by atoms with Crippen LogP contribution in [-0.2, 0) is 10.5 Å². The van der Waals surface area contributed by atoms with Gasteiger partial charge in [0.15, 0.2) is 0 Å². The summed E-state index contributed by atoms with van der Waals surface area (Å²) < 4.78 is 0. The molecule has 2 aromatic heterocycles. The Hall–Kier alpha value is -1.34. The Balaban J connectivity index is 1.42. The molecule has 27 heavy (non-hydrogen) atoms. The summed E-state index contributed by atoms with van der Waals surface area (Å²) in [6.45, 7) is 5.95. The number of aromatic nitrogens is 2. The first-order chi connectivity index (χ1) is 12.9. The molecule has 2 heterocycles. The van der Waals surface area contributed by atoms with Crippen LogP contribution in [-0.4, -0.2) is 39.1 Å². The Morgan fingerprint density at radius 3 is 2.52 bits per heavy atom. The summed E-state index contributed by atoms with van der Waals surface area (Å²) in [4.78, 5) is 36.8. The van der Waals surface area contributed by atoms with E-state index in [9.17, 15) is 9.59 Å². The zero-order chi connectivity index (χ0) is 19.3. The molecule has 0 bridgehead atoms. The lowest BCUT2D eigenvalue weighted by atomic mass is 10.1. The van der Waals surface area contributed by atoms with Crippen LogP contribution in [0.5, 0.6) is 0 Å². The second-order valence-corrected chi connectivity index (χ2v) is 10.6. The summed E-state index contributed by atoms with van der Waals surface area (Å²) >= 11 is 3.12. The molecule has 0 aromatic carbocycles. The van der Waals surface area contributed by atoms with Gasteiger partial charge in [-0.25, -0.2) is 4.98 Å². The van der Waals surface area contributed by atoms with E-state index in [1.807, 2.05) is 32.7 Å². The SMILES string of the molecule is Cc1sc2nc(CSC(C)C(=O)N(C)C(C3CC3)C3CC3)[nH]c(=O)c2c1C. The number of rotatable bonds is 7. The number of hydrogen-bond acceptors (Lipinski definition) is 5. The summed E-state index contributed by atoms with van der Waals surface area (Å²) in [5.74, 6) is 2.83. The second kappa shape index (κ2) is 7.24. The molecule has 5 nitrogen and oxygen atoms in total. The Labute approximate surface area is 167 Å². The Kier molecular flexibility index (Phi) is 5.10. The van der Waals surface area contributed by atoms with Crippen molar-refractivity contribution in [3.05, 3.63) is 26.6 Å². The third-order valence-corrected chi connectivity index (χ3v) is 8.15. The van der Waals surface area contributed by atoms with Crippen molar-refractivity contribution in [3.63, 3.8) is 0 Å². The van der Waals surface area contributed by atoms with Gasteiger partial charge >= 0.3 is 0 Å². The first-order valence-electron chi connectivity index (χ1n) is 9.74. The number of carbonyl (C=O) groups is 1. The van der Waals surface area contributed by atoms with E-state index < -0.39 is 0 Å². The lowest BCUT2D eigenvalue weighted by Gasteiger charge is -2.30. The number of fused-ring (bicyclic) bond motifs is 1. The van der Waals surface area contributed by atoms with Gasteiger partial charge in [-0.05, 0) is 63.9 Å². The molecule has 4 rings (SSSR count). The molecule has 7 heteroatoms. The quantitative estimate of drug-likeness (QED) is 0.759. The van der Waals surface area contributed by atoms with Crippen LogP contribution in [0.1, 0.15) is 48.9 Å². The average Bonchev–Trinajstić information content (AvgIpc) is 3.54. The number of hydrogen-bond donors (Lipinski definition) is 1. The predicted molar refractivity (Wildman–Crippen MR) is 112 cm³/mol. The van der Waals surface area contributed by atoms with Crippen LogP contribution in [0.4, 0.5) is 0 Å². The fraction of sp³-hybridized carbons (Fsp3) is 0.650. The van der Waals surface area contributed by atoms with Gasteiger partial charge in [0.2, 0.25) is 5.91 Å². The summed E-state index contributed by atoms with van der Waals surface area (Å²) in [5.41, 5.74) is 0.940. The van der Waals surface area contributed by atoms with E-state index in [2.05, 4.69) is 9.97 Å². The van der Waals surface area contributed by atoms with Crippen molar-refractivity contribution in [1.82, 2.24) is 14.9 Å². The van der Waals surface area contributed by atoms with Gasteiger partial charge in [0.25, 0.3) is 5.56 Å². The summed E-state index contributed by atoms with van der Waals surface area (Å²) in [6, 6.07) is 0.437. The van der Waals surface area contributed by atoms with E-state index in [4.69, 9.17) is 0 Å². The monoisotopic (exact) mass is 405 g/mol. The first-order valence-corrected chi connectivity index (χ1v) is 11.6. The molecular weight excluding hydrogens is 378 g/mol. The van der Waals surface area contributed by atoms with Crippen LogP contribution < -0.4 is 5.56 Å². The molecule has 1 unspecified atom stereocenters. The number of aromatic amines is 1. The highest BCUT2D eigenvalue weighted by Gasteiger charge is 2.45. The van der Waals surface area contributed by atoms with Crippen molar-refractivity contribution in [3.8, 4) is 0 Å². The van der Waals surface area contributed by atoms with Gasteiger partial charge in [0.05, 0.1) is 16.4 Å². The number of nitrogens with zero attached hydrogens (tertiary/aromatic N) is 2. The first kappa shape index (κ1) is 19.0. The zero-order valence-corrected chi connectivity index (χ0v) is 18.0. The van der Waals surface area contributed by atoms with Crippen LogP contribution in [0.3, 0.4) is 0 Å². The predicted octanol–water partition coefficient (Wildman–Crippen LogP) is 3.87. The standard InChI is InChI=1S/C20H27N3O2S2/c1-10-11(2)27-19-16(10)18(24)21-15(22-19)9-26-12(3)20(25)23(4)17(13-5-6-13)14-7-8-14/h12-14,17H,5-9H2,1-4H3,(H,21,22,24). The Morgan fingerprint density at radius 2 is 1.93 bits per heavy atom. The molecule has 0 saturated heterocycles. The minimum absolute atomic E-state index is 0.0731. The van der Waals surface area contributed by atoms with Crippen LogP contribution in [0.2, 0.25) is 0 Å². The van der Waals surface area contributed by atoms with Gasteiger partial charge in [-0.1, -0.05) is 0 Å². The number of carbonyl (C=O) groups excluding carboxylic acids is 1. The average molecular weight is 406 g/mol. The lowest BCUT2D eigenvalue weighted by Crippen LogP contribution is -2.43. The molecule has 1 N–H and O–H groups in total. The number of thiophene rings is 1. The van der Waals surface area contributed by atoms with Gasteiger partial charge in [-0.15, -0.1) is 23.1 Å². The molecule has 1 amide bonds. The topological polar surface area (TPSA) is 66.1 Å². The van der Waals surface area contributed by atoms with E-state index in [0.717, 1.165) is 27.1 Å². The number of amides is 1. The van der Waals surface area contributed by atoms with E-state index in [1.165, 1.54) is 25.7 Å². The van der Waals surface area contributed by atoms with E-state index in [0.29, 0.717) is 23.0 Å². The minimum Gasteiger partial charge on any atom is -0.341 e. The normalized spacial score (nSPS) is 18.3. The third kappa shape index (κ3) is 3.81. The van der Waals surface area contributed by atoms with Crippen molar-refractivity contribution < 1.29 is 4.79 Å². The van der Waals surface area contributed by atoms with E-state index in [-0.39, 0.29) is 16.7 Å². The van der Waals surface area contributed by atoms with Gasteiger partial charge in [0.1, 0.15) is 10.7 Å². The Morgan fingerprint density at radius 1 is 1.30 bits per heavy atom. The molecule has 2 saturated carbocycles. The van der Waals surface area contributed by atoms with E-state index in [1.54, 1.807) is 23.1 Å². The minimum atomic E-state index is -0.136. The molecule has 2 aliphatic carbocycles. The third-order valence-electron chi connectivity index (χ3n) is 5.91. The molecule has 2 aliphatic rings. The lowest BCUT2D eigenvalue weighted by molar-refractivity contribution is -0.131. The number of thioether (sulfide) groups is 1. The molecule has 0 spiro atoms. The highest BCUT2D eigenvalue weighted by atomic mass is 32.2. The number of aryl methyl sites for hydroxylation is 2. The zero-order valence-electron chi connectivity index (χ0n) is 16.4. The largest absolute Gasteiger partial charge is 0.341 e. The maximum Gasteiger partial charge on any atom is 0.259 e. The van der Waals surface area contributed by atoms with Crippen LogP contribution >= 0.6 is 23.1 Å². The molecule has 146 valence electrons. The number of nitrogens with one attached hydrogen (secondary N) is 1. The van der Waals surface area contributed by atoms with Gasteiger partial charge in [-0.2, -0.15) is 0 Å². The van der Waals surface area contributed by atoms with Crippen LogP contribution in [0.25, 0.3) is 10.2 Å². The highest BCUT2D eigenvalue weighted by Crippen LogP contribution is 2.47. The Bertz CT molecular complexity index is 915. The van der Waals surface area contributed by atoms with Crippen molar-refractivity contribution >= 4 is 39.2 Å². The van der Waals surface area contributed by atoms with Crippen LogP contribution in [0, 0.1) is 25.7 Å². The molecule has 2 fully saturated rings. The summed E-state index contributed by atoms with van der Waals surface area (Å²) in [6.07, 6.45) is 5.08. The van der Waals surface area contributed by atoms with Crippen molar-refractivity contribution in [2.45, 2.75) is 63.5 Å². The molecular formula is C20H27N3O2S2. The molecule has 0 radical (unpaired) electrons. The maximum atomic E-state index is 12.9. The molecule has 0 aliphatic heterocycles. The van der Waals surface area contributed by atoms with Gasteiger partial charge < -0.3 is 9.88 Å². The fourth-order valence-corrected chi connectivity index (χ4v) is 5.87. The van der Waals surface area contributed by atoms with Gasteiger partial charge in [0, 0.05) is 18.0 Å². The maximum absolute atomic E-state index is 12.9. The highest BCUT2D eigenvalue weighted by molar-refractivity contribution is 7.99. The van der Waals surface area contributed by atoms with E-state index >= 15 is 0 Å². The van der Waals surface area contributed by atoms with Crippen molar-refractivity contribution in [1.29, 1.82) is 0 Å². The van der Waals surface area contributed by atoms with Gasteiger partial charge in [-0.3, -0.25) is 9.59 Å². The summed E-state index contributed by atoms with van der Waals surface area (Å²) in [7, 11) is 1.98. The smallest absolute Gasteiger partial charge is 0.259 e. The molecule has 2 aromatic rings. The molecule has 1 atom stereocenters. The summed E-state index contributed by atoms with van der Waals surface area (Å²) in [5, 5.41) is 0.564. The van der Waals surface area contributed by atoms with Crippen molar-refractivity contribution in [2.24, 2.45) is 11.8 Å². The fourth-order valence-electron chi connectivity index (χ4n) is 3.97. The van der Waals surface area contributed by atoms with Crippen LogP contribution in [0.15, 0.2) is 4.79 Å². The number of H-pyrrole nitrogens is 1. The van der Waals surface area contributed by atoms with Crippen molar-refractivity contribution in [2.75, 3.05) is 7.05 Å².